The van der Waals surface area contributed by atoms with Gasteiger partial charge in [-0.2, -0.15) is 0 Å². The predicted octanol–water partition coefficient (Wildman–Crippen LogP) is -3.47. The van der Waals surface area contributed by atoms with E-state index in [1.165, 1.54) is 0 Å². The third-order valence-corrected chi connectivity index (χ3v) is 1.53. The van der Waals surface area contributed by atoms with Gasteiger partial charge in [-0.15, -0.1) is 0 Å². The van der Waals surface area contributed by atoms with Crippen LogP contribution in [0.3, 0.4) is 0 Å². The third kappa shape index (κ3) is 11.6. The highest BCUT2D eigenvalue weighted by Crippen LogP contribution is 1.93. The van der Waals surface area contributed by atoms with Crippen molar-refractivity contribution in [3.63, 3.8) is 0 Å². The average molecular weight is 225 g/mol. The number of nitrogens with two attached hydrogens (primary N) is 2. The minimum Gasteiger partial charge on any atom is -0.394 e. The van der Waals surface area contributed by atoms with Gasteiger partial charge in [0.25, 0.3) is 0 Å². The highest BCUT2D eigenvalue weighted by molar-refractivity contribution is 4.80. The normalized spacial score (nSPS) is 13.0. The summed E-state index contributed by atoms with van der Waals surface area (Å²) in [7, 11) is 0. The molecule has 0 fully saturated rings. The number of nitrogens with one attached hydrogen (secondary N) is 1. The number of hydrogen-bond acceptors (Lipinski definition) is 7. The maximum atomic E-state index is 8.52. The number of aliphatic hydroxyl groups is 4. The quantitative estimate of drug-likeness (QED) is 0.233. The molecule has 0 radical (unpaired) electrons. The average Bonchev–Trinajstić information content (AvgIpc) is 2.26. The fraction of sp³-hybridized carbons (Fsp3) is 1.00. The van der Waals surface area contributed by atoms with E-state index in [9.17, 15) is 0 Å². The van der Waals surface area contributed by atoms with Crippen molar-refractivity contribution >= 4 is 0 Å². The highest BCUT2D eigenvalue weighted by atomic mass is 16.3. The second-order valence-corrected chi connectivity index (χ2v) is 3.26. The lowest BCUT2D eigenvalue weighted by Crippen LogP contribution is -2.50. The van der Waals surface area contributed by atoms with Crippen molar-refractivity contribution in [2.24, 2.45) is 11.5 Å². The molecule has 0 aromatic carbocycles. The van der Waals surface area contributed by atoms with Crippen LogP contribution in [0.4, 0.5) is 0 Å². The maximum Gasteiger partial charge on any atom is 0.102 e. The zero-order valence-corrected chi connectivity index (χ0v) is 9.06. The second-order valence-electron chi connectivity index (χ2n) is 3.26. The Bertz CT molecular complexity index is 123. The van der Waals surface area contributed by atoms with Crippen molar-refractivity contribution < 1.29 is 20.4 Å². The Morgan fingerprint density at radius 2 is 1.60 bits per heavy atom. The Hall–Kier alpha value is -0.280. The fourth-order valence-corrected chi connectivity index (χ4v) is 0.442. The van der Waals surface area contributed by atoms with E-state index in [0.29, 0.717) is 13.1 Å². The fourth-order valence-electron chi connectivity index (χ4n) is 0.442. The molecule has 0 rings (SSSR count). The third-order valence-electron chi connectivity index (χ3n) is 1.53. The first-order valence-electron chi connectivity index (χ1n) is 4.68. The van der Waals surface area contributed by atoms with E-state index in [1.54, 1.807) is 6.92 Å². The molecule has 0 spiro atoms. The molecule has 0 saturated heterocycles. The van der Waals surface area contributed by atoms with Crippen molar-refractivity contribution in [1.82, 2.24) is 5.32 Å². The first kappa shape index (κ1) is 17.1. The van der Waals surface area contributed by atoms with Crippen LogP contribution in [-0.4, -0.2) is 65.1 Å². The van der Waals surface area contributed by atoms with E-state index in [-0.39, 0.29) is 0 Å². The van der Waals surface area contributed by atoms with E-state index in [1.807, 2.05) is 0 Å². The molecule has 7 heteroatoms. The van der Waals surface area contributed by atoms with Crippen LogP contribution in [0.25, 0.3) is 0 Å². The Morgan fingerprint density at radius 3 is 1.67 bits per heavy atom. The largest absolute Gasteiger partial charge is 0.394 e. The van der Waals surface area contributed by atoms with E-state index >= 15 is 0 Å². The van der Waals surface area contributed by atoms with Gasteiger partial charge in [0.05, 0.1) is 25.4 Å². The summed E-state index contributed by atoms with van der Waals surface area (Å²) in [5.74, 6) is 0. The number of rotatable bonds is 6. The molecule has 0 amide bonds. The second kappa shape index (κ2) is 10.2. The lowest BCUT2D eigenvalue weighted by Gasteiger charge is -2.20. The van der Waals surface area contributed by atoms with Crippen molar-refractivity contribution in [3.8, 4) is 0 Å². The zero-order chi connectivity index (χ0) is 12.3. The van der Waals surface area contributed by atoms with Crippen molar-refractivity contribution in [1.29, 1.82) is 0 Å². The van der Waals surface area contributed by atoms with Gasteiger partial charge in [0, 0.05) is 13.1 Å². The minimum atomic E-state index is -1.21. The van der Waals surface area contributed by atoms with Crippen molar-refractivity contribution in [2.45, 2.75) is 18.7 Å². The summed E-state index contributed by atoms with van der Waals surface area (Å²) in [4.78, 5) is 0. The SMILES string of the molecule is CC(O)NCCN.NC(CO)(CO)CO. The molecule has 0 aliphatic rings. The molecule has 7 nitrogen and oxygen atoms in total. The van der Waals surface area contributed by atoms with Gasteiger partial charge in [0.2, 0.25) is 0 Å². The van der Waals surface area contributed by atoms with Crippen LogP contribution in [0.1, 0.15) is 6.92 Å². The van der Waals surface area contributed by atoms with E-state index < -0.39 is 31.6 Å². The summed E-state index contributed by atoms with van der Waals surface area (Å²) in [6, 6.07) is 0. The first-order chi connectivity index (χ1) is 6.95. The number of hydrogen-bond donors (Lipinski definition) is 7. The summed E-state index contributed by atoms with van der Waals surface area (Å²) in [5.41, 5.74) is 9.04. The summed E-state index contributed by atoms with van der Waals surface area (Å²) in [6.45, 7) is 1.71. The van der Waals surface area contributed by atoms with Gasteiger partial charge in [0.15, 0.2) is 0 Å². The lowest BCUT2D eigenvalue weighted by atomic mass is 10.1. The Kier molecular flexibility index (Phi) is 11.7. The van der Waals surface area contributed by atoms with E-state index in [4.69, 9.17) is 31.9 Å². The van der Waals surface area contributed by atoms with Gasteiger partial charge in [-0.1, -0.05) is 0 Å². The van der Waals surface area contributed by atoms with Crippen LogP contribution in [0.2, 0.25) is 0 Å². The van der Waals surface area contributed by atoms with Crippen LogP contribution >= 0.6 is 0 Å². The summed E-state index contributed by atoms with van der Waals surface area (Å²) in [6.07, 6.45) is -0.427. The maximum absolute atomic E-state index is 8.52. The van der Waals surface area contributed by atoms with E-state index in [2.05, 4.69) is 5.32 Å². The van der Waals surface area contributed by atoms with Crippen molar-refractivity contribution in [2.75, 3.05) is 32.9 Å². The summed E-state index contributed by atoms with van der Waals surface area (Å²) >= 11 is 0. The number of aliphatic hydroxyl groups excluding tert-OH is 4. The molecule has 1 unspecified atom stereocenters. The van der Waals surface area contributed by atoms with Crippen LogP contribution in [-0.2, 0) is 0 Å². The topological polar surface area (TPSA) is 145 Å². The zero-order valence-electron chi connectivity index (χ0n) is 9.06. The molecule has 0 aliphatic heterocycles. The van der Waals surface area contributed by atoms with Gasteiger partial charge in [-0.3, -0.25) is 5.32 Å². The standard InChI is InChI=1S/C4H12N2O.C4H11NO3/c1-4(7)6-3-2-5;5-4(1-6,2-7)3-8/h4,6-7H,2-3,5H2,1H3;6-8H,1-3,5H2. The molecule has 9 N–H and O–H groups in total. The van der Waals surface area contributed by atoms with Crippen LogP contribution < -0.4 is 16.8 Å². The summed E-state index contributed by atoms with van der Waals surface area (Å²) < 4.78 is 0. The predicted molar refractivity (Wildman–Crippen MR) is 56.9 cm³/mol. The summed E-state index contributed by atoms with van der Waals surface area (Å²) in [5, 5.41) is 36.3. The Balaban J connectivity index is 0. The Labute approximate surface area is 89.7 Å². The first-order valence-corrected chi connectivity index (χ1v) is 4.68. The van der Waals surface area contributed by atoms with Crippen molar-refractivity contribution in [3.05, 3.63) is 0 Å². The molecule has 0 aromatic rings. The van der Waals surface area contributed by atoms with Crippen LogP contribution in [0.15, 0.2) is 0 Å². The van der Waals surface area contributed by atoms with Crippen LogP contribution in [0.5, 0.6) is 0 Å². The van der Waals surface area contributed by atoms with Gasteiger partial charge in [-0.05, 0) is 6.92 Å². The molecular weight excluding hydrogens is 202 g/mol. The molecule has 0 saturated carbocycles. The van der Waals surface area contributed by atoms with Gasteiger partial charge >= 0.3 is 0 Å². The molecule has 0 aliphatic carbocycles. The Morgan fingerprint density at radius 1 is 1.20 bits per heavy atom. The molecule has 0 aromatic heterocycles. The lowest BCUT2D eigenvalue weighted by molar-refractivity contribution is 0.0697. The monoisotopic (exact) mass is 225 g/mol. The van der Waals surface area contributed by atoms with Gasteiger partial charge in [0.1, 0.15) is 6.23 Å². The molecule has 0 bridgehead atoms. The highest BCUT2D eigenvalue weighted by Gasteiger charge is 2.20. The van der Waals surface area contributed by atoms with E-state index in [0.717, 1.165) is 0 Å². The molecule has 1 atom stereocenters. The molecular formula is C8H23N3O4. The molecule has 94 valence electrons. The van der Waals surface area contributed by atoms with Crippen LogP contribution in [0, 0.1) is 0 Å². The molecule has 15 heavy (non-hydrogen) atoms. The minimum absolute atomic E-state index is 0.403. The van der Waals surface area contributed by atoms with Gasteiger partial charge < -0.3 is 31.9 Å². The smallest absolute Gasteiger partial charge is 0.102 e. The van der Waals surface area contributed by atoms with Gasteiger partial charge in [-0.25, -0.2) is 0 Å². The molecule has 0 heterocycles.